The van der Waals surface area contributed by atoms with E-state index in [0.717, 1.165) is 17.7 Å². The maximum Gasteiger partial charge on any atom is 0.415 e. The summed E-state index contributed by atoms with van der Waals surface area (Å²) in [5.41, 5.74) is -0.604. The number of nitrogens with zero attached hydrogens (tertiary/aromatic N) is 3. The summed E-state index contributed by atoms with van der Waals surface area (Å²) in [5.74, 6) is -1.74. The summed E-state index contributed by atoms with van der Waals surface area (Å²) in [6.45, 7) is 1.18. The van der Waals surface area contributed by atoms with E-state index in [-0.39, 0.29) is 11.3 Å². The van der Waals surface area contributed by atoms with Gasteiger partial charge in [-0.3, -0.25) is 19.3 Å². The summed E-state index contributed by atoms with van der Waals surface area (Å²) in [6, 6.07) is 3.14. The van der Waals surface area contributed by atoms with Crippen LogP contribution in [0, 0.1) is 6.08 Å². The third-order valence-corrected chi connectivity index (χ3v) is 6.51. The van der Waals surface area contributed by atoms with Crippen molar-refractivity contribution >= 4 is 35.4 Å². The molecule has 1 heterocycles. The number of carboxylic acids is 1. The van der Waals surface area contributed by atoms with Gasteiger partial charge >= 0.3 is 18.3 Å². The lowest BCUT2D eigenvalue weighted by Crippen LogP contribution is -2.59. The number of likely N-dealkylation sites (N-methyl/N-ethyl adjacent to an activating group) is 2. The number of carbonyl (C=O) groups is 4. The number of ether oxygens (including phenoxy) is 1. The van der Waals surface area contributed by atoms with Crippen LogP contribution in [0.2, 0.25) is 0 Å². The molecule has 1 aromatic heterocycles. The van der Waals surface area contributed by atoms with Gasteiger partial charge in [-0.1, -0.05) is 0 Å². The number of Topliss-reactive ketones (excluding diaryl/α,β-unsaturated/α-hetero) is 1. The van der Waals surface area contributed by atoms with Crippen molar-refractivity contribution < 1.29 is 33.6 Å². The first-order chi connectivity index (χ1) is 16.6. The molecule has 3 rings (SSSR count). The van der Waals surface area contributed by atoms with E-state index < -0.39 is 36.3 Å². The molecule has 2 unspecified atom stereocenters. The summed E-state index contributed by atoms with van der Waals surface area (Å²) < 4.78 is 7.19. The lowest BCUT2D eigenvalue weighted by molar-refractivity contribution is -0.753. The molecule has 2 aliphatic rings. The Morgan fingerprint density at radius 2 is 2.06 bits per heavy atom. The molecule has 1 aromatic rings. The fourth-order valence-electron chi connectivity index (χ4n) is 4.31. The third kappa shape index (κ3) is 5.42. The smallest absolute Gasteiger partial charge is 0.415 e. The van der Waals surface area contributed by atoms with E-state index in [9.17, 15) is 19.2 Å². The normalized spacial score (nSPS) is 20.2. The maximum absolute atomic E-state index is 13.3. The second kappa shape index (κ2) is 10.8. The molecule has 2 aliphatic carbocycles. The Kier molecular flexibility index (Phi) is 8.04. The van der Waals surface area contributed by atoms with Crippen molar-refractivity contribution in [2.45, 2.75) is 44.4 Å². The molecule has 1 saturated carbocycles. The van der Waals surface area contributed by atoms with Crippen molar-refractivity contribution in [3.8, 4) is 0 Å². The zero-order valence-electron chi connectivity index (χ0n) is 19.9. The molecule has 0 radical (unpaired) electrons. The van der Waals surface area contributed by atoms with E-state index >= 15 is 0 Å². The van der Waals surface area contributed by atoms with Crippen molar-refractivity contribution in [3.05, 3.63) is 65.0 Å². The molecule has 0 spiro atoms. The van der Waals surface area contributed by atoms with E-state index in [1.165, 1.54) is 29.8 Å². The first kappa shape index (κ1) is 26.1. The van der Waals surface area contributed by atoms with Crippen LogP contribution in [0.5, 0.6) is 0 Å². The van der Waals surface area contributed by atoms with Crippen LogP contribution in [0.1, 0.15) is 49.2 Å². The molecule has 0 aliphatic heterocycles. The molecule has 184 valence electrons. The van der Waals surface area contributed by atoms with Gasteiger partial charge in [-0.05, 0) is 25.3 Å². The highest BCUT2D eigenvalue weighted by molar-refractivity contribution is 6.33. The minimum Gasteiger partial charge on any atom is -0.480 e. The number of hydrogen-bond donors (Lipinski definition) is 1. The summed E-state index contributed by atoms with van der Waals surface area (Å²) in [6.07, 6.45) is 11.8. The lowest BCUT2D eigenvalue weighted by atomic mass is 9.73. The number of allylic oxidation sites excluding steroid dienone is 4. The van der Waals surface area contributed by atoms with Crippen LogP contribution >= 0.6 is 11.6 Å². The molecular weight excluding hydrogens is 474 g/mol. The van der Waals surface area contributed by atoms with E-state index in [1.807, 2.05) is 0 Å². The highest BCUT2D eigenvalue weighted by Gasteiger charge is 2.54. The first-order valence-corrected chi connectivity index (χ1v) is 11.6. The summed E-state index contributed by atoms with van der Waals surface area (Å²) in [4.78, 5) is 52.3. The predicted molar refractivity (Wildman–Crippen MR) is 126 cm³/mol. The van der Waals surface area contributed by atoms with Crippen LogP contribution in [0.4, 0.5) is 4.79 Å². The number of hydrogen-bond acceptors (Lipinski definition) is 5. The minimum atomic E-state index is -1.28. The number of carbonyl (C=O) groups excluding carboxylic acids is 3. The predicted octanol–water partition coefficient (Wildman–Crippen LogP) is 3.02. The van der Waals surface area contributed by atoms with Gasteiger partial charge in [0, 0.05) is 57.3 Å². The Balaban J connectivity index is 1.82. The van der Waals surface area contributed by atoms with E-state index in [1.54, 1.807) is 43.5 Å². The van der Waals surface area contributed by atoms with Crippen molar-refractivity contribution in [1.82, 2.24) is 9.80 Å². The van der Waals surface area contributed by atoms with Crippen LogP contribution < -0.4 is 4.57 Å². The monoisotopic (exact) mass is 501 g/mol. The standard InChI is InChI=1S/C25H27ClN3O6/c1-17(29-14-8-9-18(15-29)23(33)27(2)16-22(31)32)35-24(34)28(3)25(13-7-6-12-21(25)30)19-10-4-5-11-20(19)26/h4-5,8-9,11,14-15,17H,6-7,12-13,16H2,1-3H3/q+1/p+1. The number of amides is 2. The van der Waals surface area contributed by atoms with E-state index in [2.05, 4.69) is 6.08 Å². The van der Waals surface area contributed by atoms with Crippen molar-refractivity contribution in [2.75, 3.05) is 20.6 Å². The molecule has 1 fully saturated rings. The zero-order chi connectivity index (χ0) is 25.8. The Labute approximate surface area is 208 Å². The Hall–Kier alpha value is -3.55. The molecule has 2 amide bonds. The number of ketones is 1. The number of halogens is 1. The van der Waals surface area contributed by atoms with Crippen LogP contribution in [0.15, 0.2) is 53.4 Å². The highest BCUT2D eigenvalue weighted by atomic mass is 35.5. The quantitative estimate of drug-likeness (QED) is 0.454. The molecule has 0 saturated heterocycles. The van der Waals surface area contributed by atoms with Gasteiger partial charge in [-0.2, -0.15) is 4.57 Å². The maximum atomic E-state index is 13.3. The second-order valence-corrected chi connectivity index (χ2v) is 8.93. The number of rotatable bonds is 7. The van der Waals surface area contributed by atoms with Gasteiger partial charge < -0.3 is 14.7 Å². The molecule has 10 heteroatoms. The molecule has 9 nitrogen and oxygen atoms in total. The topological polar surface area (TPSA) is 108 Å². The molecular formula is C25H28ClN3O6+2. The molecule has 2 atom stereocenters. The Morgan fingerprint density at radius 1 is 1.31 bits per heavy atom. The van der Waals surface area contributed by atoms with Gasteiger partial charge in [-0.25, -0.2) is 4.79 Å². The fourth-order valence-corrected chi connectivity index (χ4v) is 4.60. The lowest BCUT2D eigenvalue weighted by Gasteiger charge is -2.41. The number of pyridine rings is 1. The van der Waals surface area contributed by atoms with Gasteiger partial charge in [0.05, 0.1) is 6.08 Å². The third-order valence-electron chi connectivity index (χ3n) is 6.20. The second-order valence-electron chi connectivity index (χ2n) is 8.52. The molecule has 0 bridgehead atoms. The van der Waals surface area contributed by atoms with Crippen molar-refractivity contribution in [2.24, 2.45) is 0 Å². The van der Waals surface area contributed by atoms with Gasteiger partial charge in [0.2, 0.25) is 0 Å². The Bertz CT molecular complexity index is 1130. The minimum absolute atomic E-state index is 0.123. The average molecular weight is 502 g/mol. The molecule has 1 N–H and O–H groups in total. The number of aliphatic carboxylic acids is 1. The van der Waals surface area contributed by atoms with Crippen LogP contribution in [0.3, 0.4) is 0 Å². The number of carboxylic acid groups (broad SMARTS) is 1. The molecule has 0 aromatic carbocycles. The first-order valence-electron chi connectivity index (χ1n) is 11.2. The van der Waals surface area contributed by atoms with Crippen molar-refractivity contribution in [1.29, 1.82) is 0 Å². The summed E-state index contributed by atoms with van der Waals surface area (Å²) in [5, 5.41) is 9.27. The summed E-state index contributed by atoms with van der Waals surface area (Å²) in [7, 11) is 2.90. The Morgan fingerprint density at radius 3 is 2.71 bits per heavy atom. The van der Waals surface area contributed by atoms with Gasteiger partial charge in [0.15, 0.2) is 34.3 Å². The van der Waals surface area contributed by atoms with Gasteiger partial charge in [0.25, 0.3) is 5.91 Å². The van der Waals surface area contributed by atoms with E-state index in [0.29, 0.717) is 23.4 Å². The van der Waals surface area contributed by atoms with Gasteiger partial charge in [0.1, 0.15) is 18.2 Å². The largest absolute Gasteiger partial charge is 0.480 e. The fraction of sp³-hybridized carbons (Fsp3) is 0.400. The average Bonchev–Trinajstić information content (AvgIpc) is 2.83. The van der Waals surface area contributed by atoms with Gasteiger partial charge in [-0.15, -0.1) is 0 Å². The summed E-state index contributed by atoms with van der Waals surface area (Å²) >= 11 is 6.43. The highest BCUT2D eigenvalue weighted by Crippen LogP contribution is 2.41. The number of aromatic nitrogens is 1. The zero-order valence-corrected chi connectivity index (χ0v) is 20.6. The van der Waals surface area contributed by atoms with Crippen LogP contribution in [0.25, 0.3) is 0 Å². The van der Waals surface area contributed by atoms with Crippen molar-refractivity contribution in [3.63, 3.8) is 0 Å². The van der Waals surface area contributed by atoms with Crippen LogP contribution in [-0.4, -0.2) is 64.8 Å². The van der Waals surface area contributed by atoms with E-state index in [4.69, 9.17) is 21.4 Å². The molecule has 35 heavy (non-hydrogen) atoms. The van der Waals surface area contributed by atoms with Crippen LogP contribution in [-0.2, 0) is 14.3 Å². The SMILES string of the molecule is CC(OC(=O)N(C)C1(C2=[C+]C=CC=C2Cl)CCCCC1=O)[n+]1cccc(C(=O)N(C)CC(=O)O)c1.